The Balaban J connectivity index is 1.77. The molecule has 154 valence electrons. The van der Waals surface area contributed by atoms with E-state index in [4.69, 9.17) is 5.26 Å². The normalized spacial score (nSPS) is 11.1. The van der Waals surface area contributed by atoms with Crippen LogP contribution in [0.15, 0.2) is 59.4 Å². The van der Waals surface area contributed by atoms with Crippen LogP contribution in [0.25, 0.3) is 5.69 Å². The number of nitrogens with one attached hydrogen (secondary N) is 1. The molecular weight excluding hydrogens is 404 g/mol. The molecule has 2 aromatic carbocycles. The Morgan fingerprint density at radius 3 is 2.33 bits per heavy atom. The minimum absolute atomic E-state index is 0.0416. The molecule has 1 heterocycles. The third-order valence-corrected chi connectivity index (χ3v) is 6.11. The van der Waals surface area contributed by atoms with Crippen molar-refractivity contribution in [3.8, 4) is 11.8 Å². The summed E-state index contributed by atoms with van der Waals surface area (Å²) in [6.45, 7) is 1.67. The van der Waals surface area contributed by atoms with Gasteiger partial charge in [0.2, 0.25) is 5.91 Å². The minimum Gasteiger partial charge on any atom is -0.319 e. The Kier molecular flexibility index (Phi) is 5.89. The van der Waals surface area contributed by atoms with Crippen molar-refractivity contribution in [1.82, 2.24) is 9.36 Å². The number of nitrogens with zero attached hydrogens (tertiary/aromatic N) is 3. The third kappa shape index (κ3) is 4.50. The summed E-state index contributed by atoms with van der Waals surface area (Å²) in [5, 5.41) is 11.3. The average molecular weight is 424 g/mol. The van der Waals surface area contributed by atoms with Crippen LogP contribution in [0.1, 0.15) is 16.8 Å². The quantitative estimate of drug-likeness (QED) is 0.649. The van der Waals surface area contributed by atoms with Crippen molar-refractivity contribution in [2.24, 2.45) is 7.05 Å². The SMILES string of the molecule is Cc1c(NC(=O)CS(=O)(=O)Cc2ccc(C#N)cc2)c(=O)n(-c2ccccc2)n1C. The highest BCUT2D eigenvalue weighted by Gasteiger charge is 2.22. The summed E-state index contributed by atoms with van der Waals surface area (Å²) in [5.74, 6) is -1.88. The number of anilines is 1. The number of para-hydroxylation sites is 1. The molecule has 0 aliphatic carbocycles. The Labute approximate surface area is 173 Å². The van der Waals surface area contributed by atoms with Crippen molar-refractivity contribution < 1.29 is 13.2 Å². The summed E-state index contributed by atoms with van der Waals surface area (Å²) in [4.78, 5) is 25.2. The lowest BCUT2D eigenvalue weighted by Crippen LogP contribution is -2.27. The summed E-state index contributed by atoms with van der Waals surface area (Å²) >= 11 is 0. The molecule has 0 spiro atoms. The van der Waals surface area contributed by atoms with Gasteiger partial charge in [0, 0.05) is 7.05 Å². The van der Waals surface area contributed by atoms with E-state index in [9.17, 15) is 18.0 Å². The van der Waals surface area contributed by atoms with Gasteiger partial charge in [-0.05, 0) is 36.8 Å². The molecule has 3 aromatic rings. The van der Waals surface area contributed by atoms with Gasteiger partial charge in [-0.3, -0.25) is 14.3 Å². The monoisotopic (exact) mass is 424 g/mol. The highest BCUT2D eigenvalue weighted by Crippen LogP contribution is 2.15. The first kappa shape index (κ1) is 21.1. The minimum atomic E-state index is -3.77. The number of amides is 1. The summed E-state index contributed by atoms with van der Waals surface area (Å²) in [5.41, 5.74) is 1.62. The second-order valence-electron chi connectivity index (χ2n) is 6.83. The van der Waals surface area contributed by atoms with E-state index in [1.165, 1.54) is 28.9 Å². The molecule has 1 amide bonds. The van der Waals surface area contributed by atoms with Gasteiger partial charge in [-0.2, -0.15) is 5.26 Å². The summed E-state index contributed by atoms with van der Waals surface area (Å²) in [7, 11) is -2.08. The lowest BCUT2D eigenvalue weighted by Gasteiger charge is -2.07. The van der Waals surface area contributed by atoms with Gasteiger partial charge in [-0.15, -0.1) is 0 Å². The maximum Gasteiger partial charge on any atom is 0.295 e. The molecule has 9 heteroatoms. The van der Waals surface area contributed by atoms with Gasteiger partial charge in [0.15, 0.2) is 9.84 Å². The van der Waals surface area contributed by atoms with E-state index in [-0.39, 0.29) is 11.4 Å². The van der Waals surface area contributed by atoms with Gasteiger partial charge in [-0.25, -0.2) is 13.1 Å². The third-order valence-electron chi connectivity index (χ3n) is 4.64. The number of carbonyl (C=O) groups excluding carboxylic acids is 1. The van der Waals surface area contributed by atoms with Crippen LogP contribution in [-0.4, -0.2) is 29.4 Å². The predicted molar refractivity (Wildman–Crippen MR) is 113 cm³/mol. The summed E-state index contributed by atoms with van der Waals surface area (Å²) in [6.07, 6.45) is 0. The van der Waals surface area contributed by atoms with Crippen LogP contribution in [0.4, 0.5) is 5.69 Å². The molecule has 1 aromatic heterocycles. The van der Waals surface area contributed by atoms with Crippen molar-refractivity contribution in [3.05, 3.63) is 81.8 Å². The van der Waals surface area contributed by atoms with Crippen molar-refractivity contribution in [2.45, 2.75) is 12.7 Å². The fraction of sp³-hybridized carbons (Fsp3) is 0.190. The topological polar surface area (TPSA) is 114 Å². The Morgan fingerprint density at radius 2 is 1.73 bits per heavy atom. The smallest absolute Gasteiger partial charge is 0.295 e. The molecule has 0 unspecified atom stereocenters. The Hall–Kier alpha value is -3.64. The maximum atomic E-state index is 12.8. The van der Waals surface area contributed by atoms with Crippen molar-refractivity contribution in [1.29, 1.82) is 5.26 Å². The number of hydrogen-bond donors (Lipinski definition) is 1. The molecular formula is C21H20N4O4S. The molecule has 3 rings (SSSR count). The van der Waals surface area contributed by atoms with Gasteiger partial charge >= 0.3 is 0 Å². The number of carbonyl (C=O) groups is 1. The van der Waals surface area contributed by atoms with Crippen LogP contribution in [-0.2, 0) is 27.4 Å². The standard InChI is InChI=1S/C21H20N4O4S/c1-15-20(21(27)25(24(15)2)18-6-4-3-5-7-18)23-19(26)14-30(28,29)13-17-10-8-16(12-22)9-11-17/h3-11H,13-14H2,1-2H3,(H,23,26). The molecule has 1 N–H and O–H groups in total. The van der Waals surface area contributed by atoms with E-state index in [0.717, 1.165) is 0 Å². The van der Waals surface area contributed by atoms with Crippen LogP contribution in [0, 0.1) is 18.3 Å². The van der Waals surface area contributed by atoms with Crippen LogP contribution in [0.3, 0.4) is 0 Å². The van der Waals surface area contributed by atoms with Crippen molar-refractivity contribution >= 4 is 21.4 Å². The van der Waals surface area contributed by atoms with E-state index in [0.29, 0.717) is 22.5 Å². The highest BCUT2D eigenvalue weighted by molar-refractivity contribution is 7.91. The summed E-state index contributed by atoms with van der Waals surface area (Å²) in [6, 6.07) is 17.0. The fourth-order valence-corrected chi connectivity index (χ4v) is 4.34. The number of sulfone groups is 1. The van der Waals surface area contributed by atoms with Crippen LogP contribution >= 0.6 is 0 Å². The lowest BCUT2D eigenvalue weighted by molar-refractivity contribution is -0.113. The van der Waals surface area contributed by atoms with E-state index in [1.807, 2.05) is 12.1 Å². The number of aromatic nitrogens is 2. The second kappa shape index (κ2) is 8.39. The molecule has 0 bridgehead atoms. The molecule has 30 heavy (non-hydrogen) atoms. The number of benzene rings is 2. The summed E-state index contributed by atoms with van der Waals surface area (Å²) < 4.78 is 27.8. The molecule has 0 saturated carbocycles. The molecule has 0 aliphatic heterocycles. The van der Waals surface area contributed by atoms with E-state index in [2.05, 4.69) is 5.32 Å². The zero-order valence-corrected chi connectivity index (χ0v) is 17.3. The van der Waals surface area contributed by atoms with E-state index < -0.39 is 27.1 Å². The predicted octanol–water partition coefficient (Wildman–Crippen LogP) is 1.91. The molecule has 0 aliphatic rings. The van der Waals surface area contributed by atoms with Crippen LogP contribution in [0.5, 0.6) is 0 Å². The van der Waals surface area contributed by atoms with Crippen molar-refractivity contribution in [2.75, 3.05) is 11.1 Å². The number of rotatable bonds is 6. The van der Waals surface area contributed by atoms with E-state index in [1.54, 1.807) is 42.9 Å². The first-order valence-corrected chi connectivity index (χ1v) is 10.9. The molecule has 0 fully saturated rings. The fourth-order valence-electron chi connectivity index (χ4n) is 3.07. The number of hydrogen-bond acceptors (Lipinski definition) is 5. The maximum absolute atomic E-state index is 12.8. The molecule has 0 atom stereocenters. The van der Waals surface area contributed by atoms with Gasteiger partial charge < -0.3 is 5.32 Å². The lowest BCUT2D eigenvalue weighted by atomic mass is 10.2. The zero-order valence-electron chi connectivity index (χ0n) is 16.5. The van der Waals surface area contributed by atoms with Gasteiger partial charge in [0.05, 0.1) is 28.8 Å². The van der Waals surface area contributed by atoms with E-state index >= 15 is 0 Å². The zero-order chi connectivity index (χ0) is 21.9. The van der Waals surface area contributed by atoms with Crippen LogP contribution < -0.4 is 10.9 Å². The van der Waals surface area contributed by atoms with Crippen molar-refractivity contribution in [3.63, 3.8) is 0 Å². The first-order valence-electron chi connectivity index (χ1n) is 9.05. The molecule has 0 radical (unpaired) electrons. The highest BCUT2D eigenvalue weighted by atomic mass is 32.2. The Bertz CT molecular complexity index is 1280. The molecule has 0 saturated heterocycles. The van der Waals surface area contributed by atoms with Gasteiger partial charge in [0.1, 0.15) is 11.4 Å². The van der Waals surface area contributed by atoms with Gasteiger partial charge in [0.25, 0.3) is 5.56 Å². The molecule has 8 nitrogen and oxygen atoms in total. The van der Waals surface area contributed by atoms with Gasteiger partial charge in [-0.1, -0.05) is 30.3 Å². The first-order chi connectivity index (χ1) is 14.2. The Morgan fingerprint density at radius 1 is 1.10 bits per heavy atom. The number of nitriles is 1. The van der Waals surface area contributed by atoms with Crippen LogP contribution in [0.2, 0.25) is 0 Å². The average Bonchev–Trinajstić information content (AvgIpc) is 2.91. The second-order valence-corrected chi connectivity index (χ2v) is 8.89. The largest absolute Gasteiger partial charge is 0.319 e.